The van der Waals surface area contributed by atoms with E-state index in [4.69, 9.17) is 5.41 Å². The van der Waals surface area contributed by atoms with Crippen LogP contribution in [0.3, 0.4) is 0 Å². The van der Waals surface area contributed by atoms with Gasteiger partial charge in [-0.1, -0.05) is 18.2 Å². The maximum Gasteiger partial charge on any atom is 0.0927 e. The van der Waals surface area contributed by atoms with E-state index in [1.54, 1.807) is 0 Å². The van der Waals surface area contributed by atoms with Crippen LogP contribution in [0.2, 0.25) is 0 Å². The third kappa shape index (κ3) is 2.29. The summed E-state index contributed by atoms with van der Waals surface area (Å²) in [6.45, 7) is 5.81. The summed E-state index contributed by atoms with van der Waals surface area (Å²) in [5.41, 5.74) is 1.29. The molecule has 1 N–H and O–H groups in total. The van der Waals surface area contributed by atoms with Crippen molar-refractivity contribution in [3.63, 3.8) is 0 Å². The van der Waals surface area contributed by atoms with Crippen LogP contribution in [0.5, 0.6) is 0 Å². The van der Waals surface area contributed by atoms with Crippen LogP contribution in [0.4, 0.5) is 5.69 Å². The van der Waals surface area contributed by atoms with Crippen LogP contribution < -0.4 is 4.90 Å². The Hall–Kier alpha value is -1.51. The molecule has 1 aliphatic rings. The van der Waals surface area contributed by atoms with E-state index in [9.17, 15) is 0 Å². The van der Waals surface area contributed by atoms with Gasteiger partial charge in [0.25, 0.3) is 0 Å². The first-order valence-corrected chi connectivity index (χ1v) is 5.37. The first-order valence-electron chi connectivity index (χ1n) is 5.37. The molecule has 0 aliphatic carbocycles. The van der Waals surface area contributed by atoms with Gasteiger partial charge < -0.3 is 9.80 Å². The van der Waals surface area contributed by atoms with Crippen LogP contribution in [0.25, 0.3) is 0 Å². The molecule has 0 radical (unpaired) electrons. The average molecular weight is 203 g/mol. The molecule has 0 atom stereocenters. The molecule has 1 saturated heterocycles. The fourth-order valence-electron chi connectivity index (χ4n) is 1.94. The average Bonchev–Trinajstić information content (AvgIpc) is 2.30. The van der Waals surface area contributed by atoms with E-state index in [1.165, 1.54) is 5.69 Å². The Kier molecular flexibility index (Phi) is 2.90. The molecule has 3 nitrogen and oxygen atoms in total. The molecule has 0 saturated carbocycles. The fourth-order valence-corrected chi connectivity index (χ4v) is 1.94. The molecule has 1 aliphatic heterocycles. The largest absolute Gasteiger partial charge is 0.368 e. The van der Waals surface area contributed by atoms with E-state index in [2.05, 4.69) is 34.1 Å². The highest BCUT2D eigenvalue weighted by Gasteiger charge is 2.16. The highest BCUT2D eigenvalue weighted by atomic mass is 15.3. The van der Waals surface area contributed by atoms with Gasteiger partial charge in [-0.05, 0) is 19.1 Å². The number of nitrogens with zero attached hydrogens (tertiary/aromatic N) is 2. The minimum absolute atomic E-state index is 0.683. The number of benzene rings is 1. The first-order chi connectivity index (χ1) is 7.27. The standard InChI is InChI=1S/C12H17N3/c1-11(13)14-7-9-15(10-8-14)12-5-3-2-4-6-12/h2-6,13H,7-10H2,1H3. The molecule has 0 aromatic heterocycles. The number of amidine groups is 1. The highest BCUT2D eigenvalue weighted by molar-refractivity contribution is 5.76. The van der Waals surface area contributed by atoms with Gasteiger partial charge in [-0.15, -0.1) is 0 Å². The van der Waals surface area contributed by atoms with Crippen molar-refractivity contribution < 1.29 is 0 Å². The van der Waals surface area contributed by atoms with Crippen LogP contribution in [0, 0.1) is 5.41 Å². The molecule has 0 unspecified atom stereocenters. The van der Waals surface area contributed by atoms with Gasteiger partial charge in [0.2, 0.25) is 0 Å². The molecule has 1 aromatic rings. The lowest BCUT2D eigenvalue weighted by molar-refractivity contribution is 0.382. The van der Waals surface area contributed by atoms with Crippen LogP contribution in [-0.4, -0.2) is 36.9 Å². The van der Waals surface area contributed by atoms with Crippen LogP contribution in [0.15, 0.2) is 30.3 Å². The maximum absolute atomic E-state index is 7.57. The summed E-state index contributed by atoms with van der Waals surface area (Å²) in [5, 5.41) is 7.57. The van der Waals surface area contributed by atoms with Crippen molar-refractivity contribution in [2.45, 2.75) is 6.92 Å². The minimum Gasteiger partial charge on any atom is -0.368 e. The molecule has 0 bridgehead atoms. The summed E-state index contributed by atoms with van der Waals surface area (Å²) in [4.78, 5) is 4.50. The van der Waals surface area contributed by atoms with Crippen molar-refractivity contribution in [2.24, 2.45) is 0 Å². The van der Waals surface area contributed by atoms with Gasteiger partial charge in [0.15, 0.2) is 0 Å². The molecule has 1 fully saturated rings. The number of piperazine rings is 1. The van der Waals surface area contributed by atoms with Gasteiger partial charge in [-0.3, -0.25) is 5.41 Å². The van der Waals surface area contributed by atoms with Gasteiger partial charge in [-0.2, -0.15) is 0 Å². The summed E-state index contributed by atoms with van der Waals surface area (Å²) in [6, 6.07) is 10.5. The predicted octanol–water partition coefficient (Wildman–Crippen LogP) is 1.81. The number of para-hydroxylation sites is 1. The Bertz CT molecular complexity index is 326. The Labute approximate surface area is 90.8 Å². The summed E-state index contributed by atoms with van der Waals surface area (Å²) >= 11 is 0. The number of hydrogen-bond donors (Lipinski definition) is 1. The van der Waals surface area contributed by atoms with Crippen LogP contribution in [-0.2, 0) is 0 Å². The topological polar surface area (TPSA) is 30.3 Å². The van der Waals surface area contributed by atoms with E-state index in [1.807, 2.05) is 13.0 Å². The predicted molar refractivity (Wildman–Crippen MR) is 63.6 cm³/mol. The van der Waals surface area contributed by atoms with Crippen molar-refractivity contribution in [2.75, 3.05) is 31.1 Å². The normalized spacial score (nSPS) is 16.6. The van der Waals surface area contributed by atoms with E-state index in [0.717, 1.165) is 26.2 Å². The molecule has 80 valence electrons. The van der Waals surface area contributed by atoms with Gasteiger partial charge in [-0.25, -0.2) is 0 Å². The third-order valence-electron chi connectivity index (χ3n) is 2.88. The van der Waals surface area contributed by atoms with E-state index in [-0.39, 0.29) is 0 Å². The molecule has 2 rings (SSSR count). The summed E-state index contributed by atoms with van der Waals surface area (Å²) in [5.74, 6) is 0.683. The van der Waals surface area contributed by atoms with Gasteiger partial charge >= 0.3 is 0 Å². The lowest BCUT2D eigenvalue weighted by Gasteiger charge is -2.36. The Morgan fingerprint density at radius 2 is 1.67 bits per heavy atom. The van der Waals surface area contributed by atoms with E-state index >= 15 is 0 Å². The molecule has 1 aromatic carbocycles. The van der Waals surface area contributed by atoms with Crippen LogP contribution in [0.1, 0.15) is 6.92 Å². The smallest absolute Gasteiger partial charge is 0.0927 e. The van der Waals surface area contributed by atoms with E-state index < -0.39 is 0 Å². The molecule has 15 heavy (non-hydrogen) atoms. The second-order valence-corrected chi connectivity index (χ2v) is 3.90. The van der Waals surface area contributed by atoms with Gasteiger partial charge in [0.05, 0.1) is 5.84 Å². The van der Waals surface area contributed by atoms with Crippen molar-refractivity contribution in [3.8, 4) is 0 Å². The molecule has 0 amide bonds. The molecule has 3 heteroatoms. The SMILES string of the molecule is CC(=N)N1CCN(c2ccccc2)CC1. The number of nitrogens with one attached hydrogen (secondary N) is 1. The lowest BCUT2D eigenvalue weighted by atomic mass is 10.2. The van der Waals surface area contributed by atoms with Crippen LogP contribution >= 0.6 is 0 Å². The minimum atomic E-state index is 0.683. The second kappa shape index (κ2) is 4.34. The molecular weight excluding hydrogens is 186 g/mol. The quantitative estimate of drug-likeness (QED) is 0.557. The summed E-state index contributed by atoms with van der Waals surface area (Å²) in [7, 11) is 0. The first kappa shape index (κ1) is 10.0. The maximum atomic E-state index is 7.57. The fraction of sp³-hybridized carbons (Fsp3) is 0.417. The Balaban J connectivity index is 1.97. The lowest BCUT2D eigenvalue weighted by Crippen LogP contribution is -2.47. The van der Waals surface area contributed by atoms with Gasteiger partial charge in [0, 0.05) is 31.9 Å². The van der Waals surface area contributed by atoms with Gasteiger partial charge in [0.1, 0.15) is 0 Å². The van der Waals surface area contributed by atoms with Crippen molar-refractivity contribution >= 4 is 11.5 Å². The highest BCUT2D eigenvalue weighted by Crippen LogP contribution is 2.15. The third-order valence-corrected chi connectivity index (χ3v) is 2.88. The number of hydrogen-bond acceptors (Lipinski definition) is 2. The molecule has 0 spiro atoms. The molecular formula is C12H17N3. The summed E-state index contributed by atoms with van der Waals surface area (Å²) in [6.07, 6.45) is 0. The molecule has 1 heterocycles. The zero-order valence-corrected chi connectivity index (χ0v) is 9.11. The van der Waals surface area contributed by atoms with E-state index in [0.29, 0.717) is 5.84 Å². The van der Waals surface area contributed by atoms with Crippen molar-refractivity contribution in [1.29, 1.82) is 5.41 Å². The second-order valence-electron chi connectivity index (χ2n) is 3.90. The Morgan fingerprint density at radius 1 is 1.07 bits per heavy atom. The number of anilines is 1. The van der Waals surface area contributed by atoms with Crippen molar-refractivity contribution in [3.05, 3.63) is 30.3 Å². The monoisotopic (exact) mass is 203 g/mol. The van der Waals surface area contributed by atoms with Crippen molar-refractivity contribution in [1.82, 2.24) is 4.90 Å². The number of rotatable bonds is 1. The zero-order valence-electron chi connectivity index (χ0n) is 9.11. The summed E-state index contributed by atoms with van der Waals surface area (Å²) < 4.78 is 0. The zero-order chi connectivity index (χ0) is 10.7. The Morgan fingerprint density at radius 3 is 2.20 bits per heavy atom.